The van der Waals surface area contributed by atoms with Gasteiger partial charge in [0.2, 0.25) is 11.8 Å². The van der Waals surface area contributed by atoms with Crippen LogP contribution in [0.5, 0.6) is 0 Å². The molecule has 1 saturated heterocycles. The highest BCUT2D eigenvalue weighted by atomic mass is 35.5. The number of halogens is 2. The summed E-state index contributed by atoms with van der Waals surface area (Å²) in [5.41, 5.74) is 2.54. The standard InChI is InChI=1S/C19H18ClFN2O2S/c1-11-6-7-15(21)16(8-11)23-17(24)10-26-19(23)13-4-3-5-14(9-13)22-18(25)12(2)20/h3-9,12,19H,10H2,1-2H3,(H,22,25)/t12-,19+/m1/s1. The molecule has 0 aromatic heterocycles. The van der Waals surface area contributed by atoms with Gasteiger partial charge in [0.05, 0.1) is 11.4 Å². The molecular weight excluding hydrogens is 375 g/mol. The van der Waals surface area contributed by atoms with Crippen LogP contribution >= 0.6 is 23.4 Å². The summed E-state index contributed by atoms with van der Waals surface area (Å²) >= 11 is 7.21. The molecule has 1 N–H and O–H groups in total. The Bertz CT molecular complexity index is 859. The highest BCUT2D eigenvalue weighted by molar-refractivity contribution is 8.00. The van der Waals surface area contributed by atoms with Crippen LogP contribution in [0.3, 0.4) is 0 Å². The quantitative estimate of drug-likeness (QED) is 0.780. The average Bonchev–Trinajstić information content (AvgIpc) is 2.98. The van der Waals surface area contributed by atoms with Crippen molar-refractivity contribution in [1.82, 2.24) is 0 Å². The van der Waals surface area contributed by atoms with Crippen molar-refractivity contribution < 1.29 is 14.0 Å². The summed E-state index contributed by atoms with van der Waals surface area (Å²) in [7, 11) is 0. The summed E-state index contributed by atoms with van der Waals surface area (Å²) in [6, 6.07) is 11.9. The molecule has 0 spiro atoms. The van der Waals surface area contributed by atoms with Crippen LogP contribution in [0.4, 0.5) is 15.8 Å². The molecule has 3 rings (SSSR count). The highest BCUT2D eigenvalue weighted by Crippen LogP contribution is 2.43. The van der Waals surface area contributed by atoms with Crippen molar-refractivity contribution in [2.75, 3.05) is 16.0 Å². The molecule has 0 saturated carbocycles. The van der Waals surface area contributed by atoms with Crippen LogP contribution in [0.15, 0.2) is 42.5 Å². The number of aryl methyl sites for hydroxylation is 1. The summed E-state index contributed by atoms with van der Waals surface area (Å²) in [5.74, 6) is -0.612. The Labute approximate surface area is 160 Å². The Balaban J connectivity index is 1.94. The van der Waals surface area contributed by atoms with E-state index in [9.17, 15) is 14.0 Å². The number of hydrogen-bond acceptors (Lipinski definition) is 3. The van der Waals surface area contributed by atoms with Crippen molar-refractivity contribution in [2.24, 2.45) is 0 Å². The van der Waals surface area contributed by atoms with E-state index in [-0.39, 0.29) is 28.6 Å². The lowest BCUT2D eigenvalue weighted by Gasteiger charge is -2.25. The number of carbonyl (C=O) groups excluding carboxylic acids is 2. The zero-order valence-corrected chi connectivity index (χ0v) is 15.9. The van der Waals surface area contributed by atoms with Crippen LogP contribution in [0, 0.1) is 12.7 Å². The molecule has 0 aliphatic carbocycles. The zero-order valence-electron chi connectivity index (χ0n) is 14.3. The fourth-order valence-electron chi connectivity index (χ4n) is 2.75. The van der Waals surface area contributed by atoms with Gasteiger partial charge in [0.25, 0.3) is 0 Å². The Kier molecular flexibility index (Phi) is 5.53. The highest BCUT2D eigenvalue weighted by Gasteiger charge is 2.35. The Hall–Kier alpha value is -2.05. The number of hydrogen-bond donors (Lipinski definition) is 1. The minimum absolute atomic E-state index is 0.145. The largest absolute Gasteiger partial charge is 0.325 e. The van der Waals surface area contributed by atoms with E-state index in [1.165, 1.54) is 22.7 Å². The van der Waals surface area contributed by atoms with Crippen LogP contribution in [0.25, 0.3) is 0 Å². The third kappa shape index (κ3) is 3.86. The number of thioether (sulfide) groups is 1. The number of alkyl halides is 1. The van der Waals surface area contributed by atoms with E-state index in [1.54, 1.807) is 37.3 Å². The van der Waals surface area contributed by atoms with Gasteiger partial charge in [-0.2, -0.15) is 0 Å². The van der Waals surface area contributed by atoms with E-state index >= 15 is 0 Å². The molecule has 1 aliphatic heterocycles. The fourth-order valence-corrected chi connectivity index (χ4v) is 3.96. The normalized spacial score (nSPS) is 18.1. The SMILES string of the molecule is Cc1ccc(F)c(N2C(=O)CS[C@H]2c2cccc(NC(=O)[C@@H](C)Cl)c2)c1. The topological polar surface area (TPSA) is 49.4 Å². The summed E-state index contributed by atoms with van der Waals surface area (Å²) in [5, 5.41) is 1.72. The monoisotopic (exact) mass is 392 g/mol. The molecule has 1 heterocycles. The van der Waals surface area contributed by atoms with E-state index in [0.717, 1.165) is 11.1 Å². The van der Waals surface area contributed by atoms with Gasteiger partial charge < -0.3 is 5.32 Å². The zero-order chi connectivity index (χ0) is 18.8. The lowest BCUT2D eigenvalue weighted by atomic mass is 10.1. The molecule has 136 valence electrons. The van der Waals surface area contributed by atoms with Gasteiger partial charge in [0, 0.05) is 5.69 Å². The second-order valence-corrected chi connectivity index (χ2v) is 7.84. The first-order valence-electron chi connectivity index (χ1n) is 8.11. The maximum atomic E-state index is 14.3. The van der Waals surface area contributed by atoms with Crippen LogP contribution < -0.4 is 10.2 Å². The summed E-state index contributed by atoms with van der Waals surface area (Å²) in [6.45, 7) is 3.45. The van der Waals surface area contributed by atoms with Crippen molar-refractivity contribution in [1.29, 1.82) is 0 Å². The van der Waals surface area contributed by atoms with Gasteiger partial charge in [-0.25, -0.2) is 4.39 Å². The summed E-state index contributed by atoms with van der Waals surface area (Å²) < 4.78 is 14.3. The Morgan fingerprint density at radius 1 is 1.35 bits per heavy atom. The molecule has 0 radical (unpaired) electrons. The van der Waals surface area contributed by atoms with Gasteiger partial charge in [-0.3, -0.25) is 14.5 Å². The van der Waals surface area contributed by atoms with Crippen molar-refractivity contribution in [2.45, 2.75) is 24.6 Å². The molecule has 0 unspecified atom stereocenters. The predicted octanol–water partition coefficient (Wildman–Crippen LogP) is 4.48. The minimum Gasteiger partial charge on any atom is -0.325 e. The van der Waals surface area contributed by atoms with E-state index < -0.39 is 11.2 Å². The molecule has 1 fully saturated rings. The van der Waals surface area contributed by atoms with Gasteiger partial charge >= 0.3 is 0 Å². The number of amides is 2. The van der Waals surface area contributed by atoms with Crippen molar-refractivity contribution in [3.8, 4) is 0 Å². The van der Waals surface area contributed by atoms with E-state index in [1.807, 2.05) is 13.0 Å². The van der Waals surface area contributed by atoms with Crippen LogP contribution in [-0.4, -0.2) is 22.9 Å². The number of anilines is 2. The molecular formula is C19H18ClFN2O2S. The average molecular weight is 393 g/mol. The molecule has 2 amide bonds. The molecule has 1 aliphatic rings. The van der Waals surface area contributed by atoms with Gasteiger partial charge in [-0.05, 0) is 49.2 Å². The summed E-state index contributed by atoms with van der Waals surface area (Å²) in [4.78, 5) is 25.7. The Morgan fingerprint density at radius 3 is 2.85 bits per heavy atom. The molecule has 7 heteroatoms. The first-order valence-corrected chi connectivity index (χ1v) is 9.60. The first kappa shape index (κ1) is 18.7. The molecule has 2 atom stereocenters. The second-order valence-electron chi connectivity index (χ2n) is 6.11. The number of benzene rings is 2. The molecule has 2 aromatic carbocycles. The lowest BCUT2D eigenvalue weighted by Crippen LogP contribution is -2.29. The smallest absolute Gasteiger partial charge is 0.242 e. The van der Waals surface area contributed by atoms with Gasteiger partial charge in [-0.1, -0.05) is 18.2 Å². The molecule has 4 nitrogen and oxygen atoms in total. The van der Waals surface area contributed by atoms with Gasteiger partial charge in [0.15, 0.2) is 0 Å². The van der Waals surface area contributed by atoms with Gasteiger partial charge in [0.1, 0.15) is 16.6 Å². The van der Waals surface area contributed by atoms with E-state index in [4.69, 9.17) is 11.6 Å². The molecule has 0 bridgehead atoms. The van der Waals surface area contributed by atoms with Crippen molar-refractivity contribution >= 4 is 46.6 Å². The van der Waals surface area contributed by atoms with Crippen molar-refractivity contribution in [3.05, 3.63) is 59.4 Å². The summed E-state index contributed by atoms with van der Waals surface area (Å²) in [6.07, 6.45) is 0. The van der Waals surface area contributed by atoms with Crippen LogP contribution in [0.2, 0.25) is 0 Å². The lowest BCUT2D eigenvalue weighted by molar-refractivity contribution is -0.116. The first-order chi connectivity index (χ1) is 12.4. The van der Waals surface area contributed by atoms with Crippen LogP contribution in [-0.2, 0) is 9.59 Å². The maximum absolute atomic E-state index is 14.3. The molecule has 26 heavy (non-hydrogen) atoms. The molecule has 2 aromatic rings. The predicted molar refractivity (Wildman–Crippen MR) is 104 cm³/mol. The van der Waals surface area contributed by atoms with Crippen molar-refractivity contribution in [3.63, 3.8) is 0 Å². The van der Waals surface area contributed by atoms with E-state index in [0.29, 0.717) is 5.69 Å². The maximum Gasteiger partial charge on any atom is 0.242 e. The second kappa shape index (κ2) is 7.68. The number of nitrogens with one attached hydrogen (secondary N) is 1. The fraction of sp³-hybridized carbons (Fsp3) is 0.263. The minimum atomic E-state index is -0.654. The van der Waals surface area contributed by atoms with E-state index in [2.05, 4.69) is 5.32 Å². The Morgan fingerprint density at radius 2 is 2.12 bits per heavy atom. The number of rotatable bonds is 4. The third-order valence-electron chi connectivity index (χ3n) is 4.03. The van der Waals surface area contributed by atoms with Crippen LogP contribution in [0.1, 0.15) is 23.4 Å². The number of nitrogens with zero attached hydrogens (tertiary/aromatic N) is 1. The third-order valence-corrected chi connectivity index (χ3v) is 5.44. The number of carbonyl (C=O) groups is 2. The van der Waals surface area contributed by atoms with Gasteiger partial charge in [-0.15, -0.1) is 23.4 Å².